The average molecular weight is 566 g/mol. The minimum atomic E-state index is -0.544. The van der Waals surface area contributed by atoms with Gasteiger partial charge in [0.15, 0.2) is 0 Å². The third kappa shape index (κ3) is 5.11. The number of imidazole rings is 1. The Morgan fingerprint density at radius 1 is 0.929 bits per heavy atom. The molecule has 1 aliphatic carbocycles. The molecule has 1 saturated heterocycles. The van der Waals surface area contributed by atoms with Gasteiger partial charge in [0.05, 0.1) is 28.1 Å². The topological polar surface area (TPSA) is 74.1 Å². The molecule has 0 radical (unpaired) electrons. The molecule has 42 heavy (non-hydrogen) atoms. The number of pyridine rings is 1. The predicted molar refractivity (Wildman–Crippen MR) is 167 cm³/mol. The third-order valence-corrected chi connectivity index (χ3v) is 8.88. The molecular formula is C34H40BN3O4. The highest BCUT2D eigenvalue weighted by Crippen LogP contribution is 2.43. The lowest BCUT2D eigenvalue weighted by molar-refractivity contribution is 0.00578. The first-order valence-electron chi connectivity index (χ1n) is 14.8. The number of carbonyl (C=O) groups excluding carboxylic acids is 1. The van der Waals surface area contributed by atoms with Crippen molar-refractivity contribution in [2.75, 3.05) is 0 Å². The fourth-order valence-electron chi connectivity index (χ4n) is 5.72. The fourth-order valence-corrected chi connectivity index (χ4v) is 5.72. The van der Waals surface area contributed by atoms with Crippen molar-refractivity contribution in [3.8, 4) is 22.5 Å². The van der Waals surface area contributed by atoms with E-state index in [4.69, 9.17) is 19.0 Å². The van der Waals surface area contributed by atoms with Crippen molar-refractivity contribution in [3.63, 3.8) is 0 Å². The zero-order valence-electron chi connectivity index (χ0n) is 25.7. The van der Waals surface area contributed by atoms with Crippen LogP contribution in [0.15, 0.2) is 72.9 Å². The molecule has 8 heteroatoms. The van der Waals surface area contributed by atoms with Crippen LogP contribution in [-0.4, -0.2) is 39.4 Å². The summed E-state index contributed by atoms with van der Waals surface area (Å²) >= 11 is 0. The number of rotatable bonds is 5. The summed E-state index contributed by atoms with van der Waals surface area (Å²) in [4.78, 5) is 17.8. The van der Waals surface area contributed by atoms with Gasteiger partial charge in [-0.15, -0.1) is 0 Å². The standard InChI is InChI=1S/C34H40BN3O4/c1-31(2,3)40-30(39)37-34(19-11-20-34)25-16-14-23(15-17-25)28-29(24-12-9-8-10-13-24)38-21-18-26(22-27(38)36-28)35-41-32(4,5)33(6,7)42-35/h8-10,12-18,21-22H,11,19-20H2,1-7H3,(H,37,39). The molecule has 7 nitrogen and oxygen atoms in total. The number of amides is 1. The SMILES string of the molecule is CC(C)(C)OC(=O)NC1(c2ccc(-c3nc4cc(B5OC(C)(C)C(C)(C)O5)ccn4c3-c3ccccc3)cc2)CCC1. The molecule has 2 aromatic carbocycles. The van der Waals surface area contributed by atoms with Crippen LogP contribution < -0.4 is 10.8 Å². The van der Waals surface area contributed by atoms with Crippen molar-refractivity contribution in [3.05, 3.63) is 78.5 Å². The van der Waals surface area contributed by atoms with Crippen LogP contribution in [0.2, 0.25) is 0 Å². The van der Waals surface area contributed by atoms with Crippen LogP contribution in [0.5, 0.6) is 0 Å². The zero-order valence-corrected chi connectivity index (χ0v) is 25.7. The van der Waals surface area contributed by atoms with Gasteiger partial charge in [0.1, 0.15) is 11.2 Å². The van der Waals surface area contributed by atoms with Gasteiger partial charge in [0.2, 0.25) is 0 Å². The van der Waals surface area contributed by atoms with Crippen molar-refractivity contribution in [1.29, 1.82) is 0 Å². The number of benzene rings is 2. The largest absolute Gasteiger partial charge is 0.495 e. The van der Waals surface area contributed by atoms with E-state index < -0.39 is 29.5 Å². The quantitative estimate of drug-likeness (QED) is 0.267. The van der Waals surface area contributed by atoms with E-state index in [-0.39, 0.29) is 6.09 Å². The number of carbonyl (C=O) groups is 1. The lowest BCUT2D eigenvalue weighted by atomic mass is 9.71. The number of nitrogens with one attached hydrogen (secondary N) is 1. The summed E-state index contributed by atoms with van der Waals surface area (Å²) in [6.07, 6.45) is 4.51. The Morgan fingerprint density at radius 3 is 2.14 bits per heavy atom. The fraction of sp³-hybridized carbons (Fsp3) is 0.412. The molecule has 0 spiro atoms. The molecule has 1 amide bonds. The maximum Gasteiger partial charge on any atom is 0.495 e. The van der Waals surface area contributed by atoms with Crippen molar-refractivity contribution in [1.82, 2.24) is 14.7 Å². The van der Waals surface area contributed by atoms with Gasteiger partial charge in [-0.05, 0) is 90.9 Å². The predicted octanol–water partition coefficient (Wildman–Crippen LogP) is 6.87. The van der Waals surface area contributed by atoms with Gasteiger partial charge in [-0.25, -0.2) is 9.78 Å². The summed E-state index contributed by atoms with van der Waals surface area (Å²) in [5.74, 6) is 0. The number of hydrogen-bond donors (Lipinski definition) is 1. The molecule has 2 aromatic heterocycles. The summed E-state index contributed by atoms with van der Waals surface area (Å²) in [5.41, 5.74) is 5.05. The molecule has 218 valence electrons. The van der Waals surface area contributed by atoms with Gasteiger partial charge in [0, 0.05) is 17.3 Å². The van der Waals surface area contributed by atoms with E-state index in [9.17, 15) is 4.79 Å². The first-order chi connectivity index (χ1) is 19.8. The second-order valence-corrected chi connectivity index (χ2v) is 13.6. The zero-order chi connectivity index (χ0) is 29.9. The monoisotopic (exact) mass is 565 g/mol. The molecule has 2 aliphatic rings. The maximum absolute atomic E-state index is 12.7. The summed E-state index contributed by atoms with van der Waals surface area (Å²) < 4.78 is 20.3. The smallest absolute Gasteiger partial charge is 0.444 e. The highest BCUT2D eigenvalue weighted by Gasteiger charge is 2.51. The van der Waals surface area contributed by atoms with Gasteiger partial charge < -0.3 is 19.4 Å². The molecule has 1 N–H and O–H groups in total. The Bertz CT molecular complexity index is 1600. The van der Waals surface area contributed by atoms with Gasteiger partial charge in [0.25, 0.3) is 0 Å². The van der Waals surface area contributed by atoms with Crippen LogP contribution in [-0.2, 0) is 19.6 Å². The van der Waals surface area contributed by atoms with Gasteiger partial charge in [-0.2, -0.15) is 0 Å². The molecule has 4 aromatic rings. The number of alkyl carbamates (subject to hydrolysis) is 1. The minimum Gasteiger partial charge on any atom is -0.444 e. The van der Waals surface area contributed by atoms with Crippen molar-refractivity contribution < 1.29 is 18.8 Å². The first kappa shape index (κ1) is 28.5. The number of aromatic nitrogens is 2. The Kier molecular flexibility index (Phi) is 6.78. The van der Waals surface area contributed by atoms with Crippen molar-refractivity contribution in [2.45, 2.75) is 90.1 Å². The van der Waals surface area contributed by atoms with E-state index in [2.05, 4.69) is 92.1 Å². The second kappa shape index (κ2) is 9.99. The van der Waals surface area contributed by atoms with E-state index in [1.165, 1.54) is 0 Å². The van der Waals surface area contributed by atoms with Gasteiger partial charge >= 0.3 is 13.2 Å². The molecular weight excluding hydrogens is 525 g/mol. The number of ether oxygens (including phenoxy) is 1. The van der Waals surface area contributed by atoms with Crippen LogP contribution >= 0.6 is 0 Å². The van der Waals surface area contributed by atoms with E-state index in [1.807, 2.05) is 39.0 Å². The molecule has 0 unspecified atom stereocenters. The van der Waals surface area contributed by atoms with E-state index in [0.29, 0.717) is 0 Å². The Labute approximate surface area is 248 Å². The summed E-state index contributed by atoms with van der Waals surface area (Å²) in [6, 6.07) is 22.9. The van der Waals surface area contributed by atoms with E-state index in [0.717, 1.165) is 58.5 Å². The third-order valence-electron chi connectivity index (χ3n) is 8.88. The lowest BCUT2D eigenvalue weighted by Crippen LogP contribution is -2.52. The van der Waals surface area contributed by atoms with E-state index >= 15 is 0 Å². The van der Waals surface area contributed by atoms with Gasteiger partial charge in [-0.3, -0.25) is 4.40 Å². The van der Waals surface area contributed by atoms with Crippen LogP contribution in [0.25, 0.3) is 28.2 Å². The van der Waals surface area contributed by atoms with Crippen LogP contribution in [0, 0.1) is 0 Å². The molecule has 1 aliphatic heterocycles. The molecule has 2 fully saturated rings. The highest BCUT2D eigenvalue weighted by atomic mass is 16.7. The molecule has 3 heterocycles. The number of nitrogens with zero attached hydrogens (tertiary/aromatic N) is 2. The Morgan fingerprint density at radius 2 is 1.57 bits per heavy atom. The first-order valence-corrected chi connectivity index (χ1v) is 14.8. The maximum atomic E-state index is 12.7. The van der Waals surface area contributed by atoms with Gasteiger partial charge in [-0.1, -0.05) is 54.6 Å². The minimum absolute atomic E-state index is 0.379. The number of fused-ring (bicyclic) bond motifs is 1. The highest BCUT2D eigenvalue weighted by molar-refractivity contribution is 6.62. The molecule has 1 saturated carbocycles. The van der Waals surface area contributed by atoms with Crippen molar-refractivity contribution >= 4 is 24.3 Å². The molecule has 6 rings (SSSR count). The normalized spacial score (nSPS) is 19.0. The lowest BCUT2D eigenvalue weighted by Gasteiger charge is -2.43. The average Bonchev–Trinajstić information content (AvgIpc) is 3.38. The Hall–Kier alpha value is -3.62. The Balaban J connectivity index is 1.37. The van der Waals surface area contributed by atoms with Crippen LogP contribution in [0.1, 0.15) is 73.3 Å². The van der Waals surface area contributed by atoms with E-state index in [1.54, 1.807) is 0 Å². The van der Waals surface area contributed by atoms with Crippen LogP contribution in [0.3, 0.4) is 0 Å². The summed E-state index contributed by atoms with van der Waals surface area (Å²) in [5, 5.41) is 3.16. The van der Waals surface area contributed by atoms with Crippen LogP contribution in [0.4, 0.5) is 4.79 Å². The molecule has 0 bridgehead atoms. The second-order valence-electron chi connectivity index (χ2n) is 13.6. The summed E-state index contributed by atoms with van der Waals surface area (Å²) in [7, 11) is -0.462. The summed E-state index contributed by atoms with van der Waals surface area (Å²) in [6.45, 7) is 13.9. The van der Waals surface area contributed by atoms with Crippen molar-refractivity contribution in [2.24, 2.45) is 0 Å². The molecule has 0 atom stereocenters. The number of hydrogen-bond acceptors (Lipinski definition) is 5.